The van der Waals surface area contributed by atoms with Crippen LogP contribution in [0.1, 0.15) is 34.0 Å². The van der Waals surface area contributed by atoms with Crippen LogP contribution in [0.2, 0.25) is 0 Å². The van der Waals surface area contributed by atoms with Crippen molar-refractivity contribution in [2.75, 3.05) is 5.75 Å². The average Bonchev–Trinajstić information content (AvgIpc) is 2.57. The highest BCUT2D eigenvalue weighted by molar-refractivity contribution is 7.98. The zero-order valence-electron chi connectivity index (χ0n) is 9.28. The molecule has 0 amide bonds. The summed E-state index contributed by atoms with van der Waals surface area (Å²) in [6, 6.07) is 0. The quantitative estimate of drug-likeness (QED) is 0.905. The molecule has 88 valence electrons. The lowest BCUT2D eigenvalue weighted by atomic mass is 10.2. The Balaban J connectivity index is 2.44. The van der Waals surface area contributed by atoms with Gasteiger partial charge in [-0.3, -0.25) is 0 Å². The molecule has 0 unspecified atom stereocenters. The molecule has 1 aliphatic heterocycles. The molecule has 0 atom stereocenters. The maximum Gasteiger partial charge on any atom is 0.349 e. The first-order chi connectivity index (χ1) is 7.59. The molecule has 0 spiro atoms. The van der Waals surface area contributed by atoms with E-state index in [0.29, 0.717) is 10.6 Å². The molecule has 3 nitrogen and oxygen atoms in total. The third-order valence-corrected chi connectivity index (χ3v) is 4.56. The zero-order valence-corrected chi connectivity index (χ0v) is 10.9. The fourth-order valence-electron chi connectivity index (χ4n) is 1.68. The van der Waals surface area contributed by atoms with Crippen molar-refractivity contribution in [1.82, 2.24) is 0 Å². The van der Waals surface area contributed by atoms with E-state index in [2.05, 4.69) is 0 Å². The molecule has 2 rings (SSSR count). The number of carbonyl (C=O) groups is 1. The molecule has 1 aliphatic rings. The summed E-state index contributed by atoms with van der Waals surface area (Å²) < 4.78 is 5.66. The molecule has 0 fully saturated rings. The third-order valence-electron chi connectivity index (χ3n) is 2.31. The van der Waals surface area contributed by atoms with Gasteiger partial charge in [0.05, 0.1) is 6.10 Å². The maximum atomic E-state index is 11.1. The molecule has 1 aromatic rings. The Hall–Kier alpha value is -0.680. The van der Waals surface area contributed by atoms with Gasteiger partial charge < -0.3 is 9.84 Å². The smallest absolute Gasteiger partial charge is 0.349 e. The van der Waals surface area contributed by atoms with Gasteiger partial charge in [0.25, 0.3) is 0 Å². The van der Waals surface area contributed by atoms with Crippen LogP contribution in [0.25, 0.3) is 0 Å². The molecule has 0 saturated heterocycles. The van der Waals surface area contributed by atoms with E-state index in [1.165, 1.54) is 16.2 Å². The highest BCUT2D eigenvalue weighted by Crippen LogP contribution is 2.41. The van der Waals surface area contributed by atoms with Gasteiger partial charge in [-0.2, -0.15) is 11.8 Å². The van der Waals surface area contributed by atoms with Crippen LogP contribution < -0.4 is 4.74 Å². The Morgan fingerprint density at radius 1 is 1.50 bits per heavy atom. The largest absolute Gasteiger partial charge is 0.489 e. The number of aromatic carboxylic acids is 1. The van der Waals surface area contributed by atoms with Crippen molar-refractivity contribution < 1.29 is 14.6 Å². The monoisotopic (exact) mass is 258 g/mol. The number of thioether (sulfide) groups is 1. The van der Waals surface area contributed by atoms with Crippen molar-refractivity contribution in [2.45, 2.75) is 32.1 Å². The molecule has 0 saturated carbocycles. The molecule has 5 heteroatoms. The number of hydrogen-bond acceptors (Lipinski definition) is 4. The third kappa shape index (κ3) is 2.20. The Labute approximate surface area is 103 Å². The fourth-order valence-corrected chi connectivity index (χ4v) is 4.00. The summed E-state index contributed by atoms with van der Waals surface area (Å²) in [5.41, 5.74) is 1.10. The number of thiophene rings is 1. The second-order valence-electron chi connectivity index (χ2n) is 3.94. The minimum atomic E-state index is -0.875. The average molecular weight is 258 g/mol. The summed E-state index contributed by atoms with van der Waals surface area (Å²) in [6.07, 6.45) is 0.982. The molecular formula is C11H14O3S2. The Bertz CT molecular complexity index is 410. The molecule has 2 heterocycles. The van der Waals surface area contributed by atoms with E-state index in [9.17, 15) is 4.79 Å². The van der Waals surface area contributed by atoms with Gasteiger partial charge in [-0.1, -0.05) is 0 Å². The van der Waals surface area contributed by atoms with Gasteiger partial charge in [0.2, 0.25) is 0 Å². The minimum Gasteiger partial charge on any atom is -0.489 e. The summed E-state index contributed by atoms with van der Waals surface area (Å²) in [5.74, 6) is 1.68. The SMILES string of the molecule is CC(C)Oc1c(C(=O)O)sc2c1CSCC2. The fraction of sp³-hybridized carbons (Fsp3) is 0.545. The van der Waals surface area contributed by atoms with Crippen molar-refractivity contribution in [3.63, 3.8) is 0 Å². The Kier molecular flexibility index (Phi) is 3.44. The van der Waals surface area contributed by atoms with Crippen LogP contribution in [0, 0.1) is 0 Å². The minimum absolute atomic E-state index is 0.0173. The first-order valence-corrected chi connectivity index (χ1v) is 7.19. The van der Waals surface area contributed by atoms with E-state index in [-0.39, 0.29) is 6.10 Å². The summed E-state index contributed by atoms with van der Waals surface area (Å²) in [5, 5.41) is 9.15. The second-order valence-corrected chi connectivity index (χ2v) is 6.15. The van der Waals surface area contributed by atoms with E-state index in [4.69, 9.17) is 9.84 Å². The summed E-state index contributed by atoms with van der Waals surface area (Å²) in [4.78, 5) is 12.7. The number of carboxylic acids is 1. The highest BCUT2D eigenvalue weighted by atomic mass is 32.2. The van der Waals surface area contributed by atoms with Gasteiger partial charge in [-0.25, -0.2) is 4.79 Å². The van der Waals surface area contributed by atoms with Crippen molar-refractivity contribution in [1.29, 1.82) is 0 Å². The Morgan fingerprint density at radius 3 is 2.88 bits per heavy atom. The number of hydrogen-bond donors (Lipinski definition) is 1. The van der Waals surface area contributed by atoms with Gasteiger partial charge in [-0.05, 0) is 26.0 Å². The van der Waals surface area contributed by atoms with Gasteiger partial charge in [0, 0.05) is 16.2 Å². The molecule has 1 N–H and O–H groups in total. The van der Waals surface area contributed by atoms with E-state index >= 15 is 0 Å². The second kappa shape index (κ2) is 4.67. The molecular weight excluding hydrogens is 244 g/mol. The molecule has 0 radical (unpaired) electrons. The van der Waals surface area contributed by atoms with Gasteiger partial charge in [-0.15, -0.1) is 11.3 Å². The summed E-state index contributed by atoms with van der Waals surface area (Å²) in [7, 11) is 0. The number of ether oxygens (including phenoxy) is 1. The number of carboxylic acid groups (broad SMARTS) is 1. The normalized spacial score (nSPS) is 14.9. The van der Waals surface area contributed by atoms with E-state index < -0.39 is 5.97 Å². The lowest BCUT2D eigenvalue weighted by molar-refractivity contribution is 0.0696. The van der Waals surface area contributed by atoms with E-state index in [1.807, 2.05) is 25.6 Å². The number of rotatable bonds is 3. The lowest BCUT2D eigenvalue weighted by Gasteiger charge is -2.15. The van der Waals surface area contributed by atoms with E-state index in [1.54, 1.807) is 0 Å². The van der Waals surface area contributed by atoms with Crippen molar-refractivity contribution in [3.8, 4) is 5.75 Å². The predicted molar refractivity (Wildman–Crippen MR) is 66.9 cm³/mol. The molecule has 1 aromatic heterocycles. The first-order valence-electron chi connectivity index (χ1n) is 5.21. The van der Waals surface area contributed by atoms with Crippen molar-refractivity contribution in [2.24, 2.45) is 0 Å². The first kappa shape index (κ1) is 11.8. The molecule has 16 heavy (non-hydrogen) atoms. The topological polar surface area (TPSA) is 46.5 Å². The highest BCUT2D eigenvalue weighted by Gasteiger charge is 2.26. The van der Waals surface area contributed by atoms with Crippen LogP contribution in [-0.4, -0.2) is 22.9 Å². The number of aryl methyl sites for hydroxylation is 1. The van der Waals surface area contributed by atoms with Crippen LogP contribution in [0.3, 0.4) is 0 Å². The maximum absolute atomic E-state index is 11.1. The van der Waals surface area contributed by atoms with Crippen molar-refractivity contribution >= 4 is 29.1 Å². The van der Waals surface area contributed by atoms with Crippen molar-refractivity contribution in [3.05, 3.63) is 15.3 Å². The van der Waals surface area contributed by atoms with Crippen LogP contribution in [0.15, 0.2) is 0 Å². The molecule has 0 aromatic carbocycles. The zero-order chi connectivity index (χ0) is 11.7. The molecule has 0 aliphatic carbocycles. The predicted octanol–water partition coefficient (Wildman–Crippen LogP) is 3.02. The Morgan fingerprint density at radius 2 is 2.25 bits per heavy atom. The summed E-state index contributed by atoms with van der Waals surface area (Å²) >= 11 is 3.21. The number of fused-ring (bicyclic) bond motifs is 1. The van der Waals surface area contributed by atoms with E-state index in [0.717, 1.165) is 23.5 Å². The van der Waals surface area contributed by atoms with Gasteiger partial charge >= 0.3 is 5.97 Å². The van der Waals surface area contributed by atoms with Crippen LogP contribution >= 0.6 is 23.1 Å². The van der Waals surface area contributed by atoms with Crippen LogP contribution in [-0.2, 0) is 12.2 Å². The standard InChI is InChI=1S/C11H14O3S2/c1-6(2)14-9-7-5-15-4-3-8(7)16-10(9)11(12)13/h6H,3-5H2,1-2H3,(H,12,13). The van der Waals surface area contributed by atoms with Crippen LogP contribution in [0.4, 0.5) is 0 Å². The van der Waals surface area contributed by atoms with Gasteiger partial charge in [0.1, 0.15) is 5.75 Å². The summed E-state index contributed by atoms with van der Waals surface area (Å²) in [6.45, 7) is 3.84. The lowest BCUT2D eigenvalue weighted by Crippen LogP contribution is -2.10. The van der Waals surface area contributed by atoms with Crippen LogP contribution in [0.5, 0.6) is 5.75 Å². The van der Waals surface area contributed by atoms with Gasteiger partial charge in [0.15, 0.2) is 4.88 Å². The molecule has 0 bridgehead atoms.